The third-order valence-corrected chi connectivity index (χ3v) is 5.31. The summed E-state index contributed by atoms with van der Waals surface area (Å²) in [6.07, 6.45) is 0.774. The molecule has 0 saturated carbocycles. The lowest BCUT2D eigenvalue weighted by Gasteiger charge is -2.18. The van der Waals surface area contributed by atoms with Crippen LogP contribution in [-0.2, 0) is 6.42 Å². The van der Waals surface area contributed by atoms with Gasteiger partial charge in [0.2, 0.25) is 0 Å². The summed E-state index contributed by atoms with van der Waals surface area (Å²) in [6, 6.07) is 10.3. The van der Waals surface area contributed by atoms with E-state index in [2.05, 4.69) is 11.1 Å². The number of hydrogen-bond donors (Lipinski definition) is 0. The summed E-state index contributed by atoms with van der Waals surface area (Å²) in [5.74, 6) is -0.610. The number of ether oxygens (including phenoxy) is 1. The number of halogens is 1. The molecule has 0 atom stereocenters. The second kappa shape index (κ2) is 6.53. The summed E-state index contributed by atoms with van der Waals surface area (Å²) in [5, 5.41) is 3.06. The van der Waals surface area contributed by atoms with E-state index in [1.54, 1.807) is 22.3 Å². The molecule has 1 aliphatic rings. The predicted octanol–water partition coefficient (Wildman–Crippen LogP) is 4.47. The van der Waals surface area contributed by atoms with Crippen molar-refractivity contribution in [1.29, 1.82) is 0 Å². The Morgan fingerprint density at radius 2 is 2.12 bits per heavy atom. The maximum Gasteiger partial charge on any atom is 0.258 e. The van der Waals surface area contributed by atoms with Crippen LogP contribution in [0.3, 0.4) is 0 Å². The number of thiazole rings is 1. The molecule has 26 heavy (non-hydrogen) atoms. The molecule has 0 N–H and O–H groups in total. The summed E-state index contributed by atoms with van der Waals surface area (Å²) in [5.41, 5.74) is 4.31. The van der Waals surface area contributed by atoms with Crippen LogP contribution in [0.5, 0.6) is 5.75 Å². The van der Waals surface area contributed by atoms with Gasteiger partial charge in [0.25, 0.3) is 5.91 Å². The number of carbonyl (C=O) groups is 1. The van der Waals surface area contributed by atoms with Crippen LogP contribution >= 0.6 is 11.3 Å². The van der Waals surface area contributed by atoms with Crippen molar-refractivity contribution in [3.8, 4) is 17.0 Å². The van der Waals surface area contributed by atoms with E-state index in [1.807, 2.05) is 24.4 Å². The van der Waals surface area contributed by atoms with Gasteiger partial charge in [0.05, 0.1) is 17.8 Å². The number of amides is 1. The van der Waals surface area contributed by atoms with Crippen molar-refractivity contribution in [2.24, 2.45) is 0 Å². The minimum absolute atomic E-state index is 0.131. The van der Waals surface area contributed by atoms with Crippen LogP contribution in [-0.4, -0.2) is 24.5 Å². The minimum Gasteiger partial charge on any atom is -0.494 e. The molecule has 4 nitrogen and oxygen atoms in total. The lowest BCUT2D eigenvalue weighted by molar-refractivity contribution is 0.0989. The molecule has 0 aliphatic carbocycles. The average Bonchev–Trinajstić information content (AvgIpc) is 3.26. The van der Waals surface area contributed by atoms with Crippen molar-refractivity contribution in [3.63, 3.8) is 0 Å². The van der Waals surface area contributed by atoms with Crippen molar-refractivity contribution in [1.82, 2.24) is 4.98 Å². The first-order valence-corrected chi connectivity index (χ1v) is 9.15. The molecule has 0 saturated heterocycles. The molecule has 1 aliphatic heterocycles. The Balaban J connectivity index is 1.63. The zero-order chi connectivity index (χ0) is 18.3. The van der Waals surface area contributed by atoms with Gasteiger partial charge < -0.3 is 9.64 Å². The van der Waals surface area contributed by atoms with Gasteiger partial charge in [-0.15, -0.1) is 11.3 Å². The van der Waals surface area contributed by atoms with Gasteiger partial charge in [-0.2, -0.15) is 0 Å². The van der Waals surface area contributed by atoms with Crippen LogP contribution in [0.1, 0.15) is 20.9 Å². The number of anilines is 1. The van der Waals surface area contributed by atoms with Gasteiger partial charge in [0, 0.05) is 28.7 Å². The SMILES string of the molecule is COc1ccc(C(=O)N2CCc3cc(-c4csc(C)n4)ccc32)cc1F. The molecule has 4 rings (SSSR count). The number of benzene rings is 2. The molecule has 3 aromatic rings. The molecule has 0 fully saturated rings. The standard InChI is InChI=1S/C20H17FN2O2S/c1-12-22-17(11-26-12)13-3-5-18-14(9-13)7-8-23(18)20(24)15-4-6-19(25-2)16(21)10-15/h3-6,9-11H,7-8H2,1-2H3. The molecule has 6 heteroatoms. The van der Waals surface area contributed by atoms with Crippen LogP contribution in [0.25, 0.3) is 11.3 Å². The molecule has 0 radical (unpaired) electrons. The highest BCUT2D eigenvalue weighted by Gasteiger charge is 2.26. The number of hydrogen-bond acceptors (Lipinski definition) is 4. The fourth-order valence-corrected chi connectivity index (χ4v) is 3.85. The predicted molar refractivity (Wildman–Crippen MR) is 101 cm³/mol. The highest BCUT2D eigenvalue weighted by atomic mass is 32.1. The maximum absolute atomic E-state index is 13.9. The van der Waals surface area contributed by atoms with E-state index in [0.29, 0.717) is 12.1 Å². The first kappa shape index (κ1) is 16.7. The van der Waals surface area contributed by atoms with Gasteiger partial charge >= 0.3 is 0 Å². The zero-order valence-electron chi connectivity index (χ0n) is 14.5. The van der Waals surface area contributed by atoms with Gasteiger partial charge in [0.15, 0.2) is 11.6 Å². The number of fused-ring (bicyclic) bond motifs is 1. The second-order valence-corrected chi connectivity index (χ2v) is 7.21. The average molecular weight is 368 g/mol. The van der Waals surface area contributed by atoms with Gasteiger partial charge in [-0.05, 0) is 49.2 Å². The van der Waals surface area contributed by atoms with E-state index in [0.717, 1.165) is 33.9 Å². The lowest BCUT2D eigenvalue weighted by atomic mass is 10.1. The maximum atomic E-state index is 13.9. The number of carbonyl (C=O) groups excluding carboxylic acids is 1. The van der Waals surface area contributed by atoms with Crippen molar-refractivity contribution >= 4 is 22.9 Å². The van der Waals surface area contributed by atoms with E-state index in [-0.39, 0.29) is 11.7 Å². The molecule has 1 aromatic heterocycles. The van der Waals surface area contributed by atoms with Crippen LogP contribution in [0.2, 0.25) is 0 Å². The summed E-state index contributed by atoms with van der Waals surface area (Å²) in [4.78, 5) is 19.0. The fraction of sp³-hybridized carbons (Fsp3) is 0.200. The van der Waals surface area contributed by atoms with Crippen molar-refractivity contribution in [2.75, 3.05) is 18.6 Å². The largest absolute Gasteiger partial charge is 0.494 e. The van der Waals surface area contributed by atoms with Gasteiger partial charge in [-0.25, -0.2) is 9.37 Å². The Labute approximate surface area is 154 Å². The van der Waals surface area contributed by atoms with Gasteiger partial charge in [0.1, 0.15) is 0 Å². The summed E-state index contributed by atoms with van der Waals surface area (Å²) in [7, 11) is 1.40. The molecular formula is C20H17FN2O2S. The molecule has 0 unspecified atom stereocenters. The monoisotopic (exact) mass is 368 g/mol. The van der Waals surface area contributed by atoms with Crippen LogP contribution in [0.15, 0.2) is 41.8 Å². The first-order chi connectivity index (χ1) is 12.6. The number of methoxy groups -OCH3 is 1. The van der Waals surface area contributed by atoms with Crippen LogP contribution in [0.4, 0.5) is 10.1 Å². The van der Waals surface area contributed by atoms with Crippen LogP contribution in [0, 0.1) is 12.7 Å². The topological polar surface area (TPSA) is 42.4 Å². The minimum atomic E-state index is -0.535. The third-order valence-electron chi connectivity index (χ3n) is 4.53. The Bertz CT molecular complexity index is 999. The second-order valence-electron chi connectivity index (χ2n) is 6.15. The quantitative estimate of drug-likeness (QED) is 0.685. The van der Waals surface area contributed by atoms with E-state index >= 15 is 0 Å². The number of aromatic nitrogens is 1. The lowest BCUT2D eigenvalue weighted by Crippen LogP contribution is -2.28. The highest BCUT2D eigenvalue weighted by molar-refractivity contribution is 7.09. The number of nitrogens with zero attached hydrogens (tertiary/aromatic N) is 2. The first-order valence-electron chi connectivity index (χ1n) is 8.27. The summed E-state index contributed by atoms with van der Waals surface area (Å²) in [6.45, 7) is 2.57. The third kappa shape index (κ3) is 2.86. The van der Waals surface area contributed by atoms with Crippen molar-refractivity contribution in [3.05, 3.63) is 63.7 Å². The molecule has 0 spiro atoms. The molecular weight excluding hydrogens is 351 g/mol. The van der Waals surface area contributed by atoms with Gasteiger partial charge in [-0.3, -0.25) is 4.79 Å². The Hall–Kier alpha value is -2.73. The van der Waals surface area contributed by atoms with E-state index in [1.165, 1.54) is 19.2 Å². The van der Waals surface area contributed by atoms with Crippen LogP contribution < -0.4 is 9.64 Å². The van der Waals surface area contributed by atoms with Crippen molar-refractivity contribution in [2.45, 2.75) is 13.3 Å². The molecule has 2 aromatic carbocycles. The van der Waals surface area contributed by atoms with Crippen molar-refractivity contribution < 1.29 is 13.9 Å². The molecule has 1 amide bonds. The fourth-order valence-electron chi connectivity index (χ4n) is 3.22. The van der Waals surface area contributed by atoms with E-state index < -0.39 is 5.82 Å². The number of aryl methyl sites for hydroxylation is 1. The smallest absolute Gasteiger partial charge is 0.258 e. The van der Waals surface area contributed by atoms with Gasteiger partial charge in [-0.1, -0.05) is 6.07 Å². The molecule has 132 valence electrons. The number of rotatable bonds is 3. The Kier molecular flexibility index (Phi) is 4.20. The highest BCUT2D eigenvalue weighted by Crippen LogP contribution is 2.34. The summed E-state index contributed by atoms with van der Waals surface area (Å²) >= 11 is 1.62. The van der Waals surface area contributed by atoms with E-state index in [4.69, 9.17) is 4.74 Å². The molecule has 2 heterocycles. The Morgan fingerprint density at radius 3 is 2.81 bits per heavy atom. The molecule has 0 bridgehead atoms. The summed E-state index contributed by atoms with van der Waals surface area (Å²) < 4.78 is 18.8. The normalized spacial score (nSPS) is 13.0. The zero-order valence-corrected chi connectivity index (χ0v) is 15.3. The van der Waals surface area contributed by atoms with E-state index in [9.17, 15) is 9.18 Å². The Morgan fingerprint density at radius 1 is 1.27 bits per heavy atom.